The number of fused-ring (bicyclic) bond motifs is 1. The smallest absolute Gasteiger partial charge is 0.191 e. The number of methoxy groups -OCH3 is 1. The molecule has 1 aliphatic heterocycles. The highest BCUT2D eigenvalue weighted by Gasteiger charge is 2.23. The van der Waals surface area contributed by atoms with E-state index in [1.807, 2.05) is 16.8 Å². The van der Waals surface area contributed by atoms with E-state index in [0.29, 0.717) is 6.54 Å². The quantitative estimate of drug-likeness (QED) is 0.484. The van der Waals surface area contributed by atoms with Crippen LogP contribution in [0, 0.1) is 0 Å². The van der Waals surface area contributed by atoms with Crippen molar-refractivity contribution in [1.82, 2.24) is 25.4 Å². The first kappa shape index (κ1) is 22.4. The molecule has 32 heavy (non-hydrogen) atoms. The van der Waals surface area contributed by atoms with Crippen molar-refractivity contribution in [3.8, 4) is 11.5 Å². The zero-order chi connectivity index (χ0) is 22.3. The first-order valence-electron chi connectivity index (χ1n) is 12.0. The van der Waals surface area contributed by atoms with Crippen molar-refractivity contribution in [3.05, 3.63) is 35.4 Å². The number of rotatable bonds is 8. The summed E-state index contributed by atoms with van der Waals surface area (Å²) in [5, 5.41) is 11.6. The molecule has 174 valence electrons. The van der Waals surface area contributed by atoms with Gasteiger partial charge in [0.2, 0.25) is 0 Å². The Morgan fingerprint density at radius 2 is 2.06 bits per heavy atom. The lowest BCUT2D eigenvalue weighted by molar-refractivity contribution is 0.198. The lowest BCUT2D eigenvalue weighted by atomic mass is 10.1. The Balaban J connectivity index is 1.46. The zero-order valence-electron chi connectivity index (χ0n) is 19.6. The molecule has 0 saturated heterocycles. The number of nitrogens with zero attached hydrogens (tertiary/aromatic N) is 4. The summed E-state index contributed by atoms with van der Waals surface area (Å²) in [4.78, 5) is 9.50. The Labute approximate surface area is 190 Å². The van der Waals surface area contributed by atoms with Crippen LogP contribution in [0.4, 0.5) is 0 Å². The monoisotopic (exact) mass is 440 g/mol. The first-order valence-corrected chi connectivity index (χ1v) is 12.0. The van der Waals surface area contributed by atoms with Crippen molar-refractivity contribution in [2.75, 3.05) is 13.7 Å². The highest BCUT2D eigenvalue weighted by atomic mass is 16.5. The summed E-state index contributed by atoms with van der Waals surface area (Å²) in [6, 6.07) is 6.31. The number of nitrogens with one attached hydrogen (secondary N) is 2. The molecule has 1 aromatic heterocycles. The van der Waals surface area contributed by atoms with Gasteiger partial charge in [0.05, 0.1) is 26.3 Å². The molecule has 1 aliphatic carbocycles. The number of aryl methyl sites for hydroxylation is 2. The van der Waals surface area contributed by atoms with Gasteiger partial charge < -0.3 is 20.1 Å². The molecule has 1 fully saturated rings. The lowest BCUT2D eigenvalue weighted by Gasteiger charge is -2.25. The van der Waals surface area contributed by atoms with Gasteiger partial charge in [-0.2, -0.15) is 5.10 Å². The molecule has 1 saturated carbocycles. The SMILES string of the molecule is CCNC(=NCc1cccc(OC)c1OC1CCCC1)NC1CCc2nc(CC)nn2C1. The second-order valence-corrected chi connectivity index (χ2v) is 8.53. The van der Waals surface area contributed by atoms with Crippen LogP contribution in [-0.4, -0.2) is 46.5 Å². The molecule has 1 unspecified atom stereocenters. The summed E-state index contributed by atoms with van der Waals surface area (Å²) < 4.78 is 14.0. The van der Waals surface area contributed by atoms with E-state index in [1.54, 1.807) is 7.11 Å². The minimum Gasteiger partial charge on any atom is -0.493 e. The molecule has 0 bridgehead atoms. The minimum atomic E-state index is 0.270. The van der Waals surface area contributed by atoms with Crippen molar-refractivity contribution in [2.24, 2.45) is 4.99 Å². The van der Waals surface area contributed by atoms with Gasteiger partial charge in [0.1, 0.15) is 5.82 Å². The topological polar surface area (TPSA) is 85.6 Å². The predicted molar refractivity (Wildman–Crippen MR) is 125 cm³/mol. The maximum absolute atomic E-state index is 6.37. The van der Waals surface area contributed by atoms with E-state index in [-0.39, 0.29) is 12.1 Å². The van der Waals surface area contributed by atoms with E-state index >= 15 is 0 Å². The third-order valence-corrected chi connectivity index (χ3v) is 6.18. The van der Waals surface area contributed by atoms with Gasteiger partial charge in [-0.3, -0.25) is 0 Å². The Morgan fingerprint density at radius 3 is 2.81 bits per heavy atom. The average Bonchev–Trinajstić information content (AvgIpc) is 3.47. The van der Waals surface area contributed by atoms with Crippen molar-refractivity contribution in [3.63, 3.8) is 0 Å². The number of hydrogen-bond acceptors (Lipinski definition) is 5. The van der Waals surface area contributed by atoms with Gasteiger partial charge in [0, 0.05) is 31.0 Å². The molecule has 1 atom stereocenters. The molecule has 2 heterocycles. The molecule has 8 heteroatoms. The number of aliphatic imine (C=N–C) groups is 1. The van der Waals surface area contributed by atoms with Gasteiger partial charge >= 0.3 is 0 Å². The van der Waals surface area contributed by atoms with E-state index in [1.165, 1.54) is 12.8 Å². The van der Waals surface area contributed by atoms with Crippen molar-refractivity contribution in [2.45, 2.75) is 84.0 Å². The normalized spacial score (nSPS) is 19.0. The number of ether oxygens (including phenoxy) is 2. The number of hydrogen-bond donors (Lipinski definition) is 2. The third-order valence-electron chi connectivity index (χ3n) is 6.18. The Morgan fingerprint density at radius 1 is 1.22 bits per heavy atom. The van der Waals surface area contributed by atoms with Gasteiger partial charge in [0.25, 0.3) is 0 Å². The van der Waals surface area contributed by atoms with Crippen LogP contribution in [0.25, 0.3) is 0 Å². The van der Waals surface area contributed by atoms with Crippen LogP contribution in [0.2, 0.25) is 0 Å². The van der Waals surface area contributed by atoms with Crippen molar-refractivity contribution < 1.29 is 9.47 Å². The summed E-state index contributed by atoms with van der Waals surface area (Å²) in [5.41, 5.74) is 1.04. The lowest BCUT2D eigenvalue weighted by Crippen LogP contribution is -2.47. The Bertz CT molecular complexity index is 919. The van der Waals surface area contributed by atoms with E-state index in [9.17, 15) is 0 Å². The molecular formula is C24H36N6O2. The molecule has 2 aromatic rings. The fourth-order valence-corrected chi connectivity index (χ4v) is 4.46. The predicted octanol–water partition coefficient (Wildman–Crippen LogP) is 3.24. The Hall–Kier alpha value is -2.77. The molecular weight excluding hydrogens is 404 g/mol. The molecule has 2 N–H and O–H groups in total. The summed E-state index contributed by atoms with van der Waals surface area (Å²) in [6.45, 7) is 6.31. The Kier molecular flexibility index (Phi) is 7.50. The average molecular weight is 441 g/mol. The maximum Gasteiger partial charge on any atom is 0.191 e. The number of aromatic nitrogens is 3. The first-order chi connectivity index (χ1) is 15.7. The van der Waals surface area contributed by atoms with Crippen LogP contribution < -0.4 is 20.1 Å². The second kappa shape index (κ2) is 10.7. The van der Waals surface area contributed by atoms with E-state index in [0.717, 1.165) is 79.9 Å². The molecule has 0 amide bonds. The summed E-state index contributed by atoms with van der Waals surface area (Å²) in [5.74, 6) is 4.44. The molecule has 0 radical (unpaired) electrons. The van der Waals surface area contributed by atoms with Crippen LogP contribution >= 0.6 is 0 Å². The van der Waals surface area contributed by atoms with Gasteiger partial charge in [-0.15, -0.1) is 0 Å². The largest absolute Gasteiger partial charge is 0.493 e. The van der Waals surface area contributed by atoms with Crippen LogP contribution in [0.1, 0.15) is 63.2 Å². The number of benzene rings is 1. The van der Waals surface area contributed by atoms with Crippen molar-refractivity contribution >= 4 is 5.96 Å². The highest BCUT2D eigenvalue weighted by Crippen LogP contribution is 2.35. The molecule has 8 nitrogen and oxygen atoms in total. The van der Waals surface area contributed by atoms with E-state index in [4.69, 9.17) is 14.5 Å². The van der Waals surface area contributed by atoms with Gasteiger partial charge in [-0.1, -0.05) is 19.1 Å². The molecule has 4 rings (SSSR count). The van der Waals surface area contributed by atoms with Gasteiger partial charge in [-0.05, 0) is 45.1 Å². The molecule has 0 spiro atoms. The number of guanidine groups is 1. The number of para-hydroxylation sites is 1. The van der Waals surface area contributed by atoms with Gasteiger partial charge in [0.15, 0.2) is 23.3 Å². The van der Waals surface area contributed by atoms with Crippen molar-refractivity contribution in [1.29, 1.82) is 0 Å². The third kappa shape index (κ3) is 5.34. The zero-order valence-corrected chi connectivity index (χ0v) is 19.6. The van der Waals surface area contributed by atoms with Crippen LogP contribution in [0.5, 0.6) is 11.5 Å². The fraction of sp³-hybridized carbons (Fsp3) is 0.625. The van der Waals surface area contributed by atoms with Crippen LogP contribution in [0.3, 0.4) is 0 Å². The van der Waals surface area contributed by atoms with Crippen LogP contribution in [-0.2, 0) is 25.9 Å². The van der Waals surface area contributed by atoms with E-state index < -0.39 is 0 Å². The second-order valence-electron chi connectivity index (χ2n) is 8.53. The minimum absolute atomic E-state index is 0.270. The summed E-state index contributed by atoms with van der Waals surface area (Å²) in [7, 11) is 1.70. The van der Waals surface area contributed by atoms with Crippen LogP contribution in [0.15, 0.2) is 23.2 Å². The standard InChI is InChI=1S/C24H36N6O2/c1-4-21-28-22-14-13-18(16-30(22)29-21)27-24(25-5-2)26-15-17-9-8-12-20(31-3)23(17)32-19-10-6-7-11-19/h8-9,12,18-19H,4-7,10-11,13-16H2,1-3H3,(H2,25,26,27). The maximum atomic E-state index is 6.37. The fourth-order valence-electron chi connectivity index (χ4n) is 4.46. The highest BCUT2D eigenvalue weighted by molar-refractivity contribution is 5.80. The summed E-state index contributed by atoms with van der Waals surface area (Å²) in [6.07, 6.45) is 7.77. The van der Waals surface area contributed by atoms with E-state index in [2.05, 4.69) is 40.6 Å². The van der Waals surface area contributed by atoms with Gasteiger partial charge in [-0.25, -0.2) is 14.7 Å². The summed E-state index contributed by atoms with van der Waals surface area (Å²) >= 11 is 0. The molecule has 2 aliphatic rings. The molecule has 1 aromatic carbocycles.